The van der Waals surface area contributed by atoms with Crippen molar-refractivity contribution in [2.75, 3.05) is 0 Å². The summed E-state index contributed by atoms with van der Waals surface area (Å²) in [6.07, 6.45) is 0. The van der Waals surface area contributed by atoms with Crippen LogP contribution in [0.5, 0.6) is 0 Å². The zero-order valence-corrected chi connectivity index (χ0v) is 7.02. The van der Waals surface area contributed by atoms with Crippen LogP contribution in [0.15, 0.2) is 0 Å². The van der Waals surface area contributed by atoms with Crippen LogP contribution in [0.1, 0.15) is 2.85 Å². The summed E-state index contributed by atoms with van der Waals surface area (Å²) in [7, 11) is 4.21. The molecule has 0 aliphatic carbocycles. The van der Waals surface area contributed by atoms with Crippen LogP contribution >= 0.6 is 10.1 Å². The van der Waals surface area contributed by atoms with E-state index < -0.39 is 0 Å². The molecular formula is H5AlMgSZn. The van der Waals surface area contributed by atoms with Crippen LogP contribution in [0.4, 0.5) is 0 Å². The van der Waals surface area contributed by atoms with Gasteiger partial charge in [0.25, 0.3) is 0 Å². The van der Waals surface area contributed by atoms with Crippen LogP contribution < -0.4 is 0 Å². The van der Waals surface area contributed by atoms with E-state index in [4.69, 9.17) is 0 Å². The van der Waals surface area contributed by atoms with E-state index in [1.54, 1.807) is 0 Å². The SMILES string of the molecule is [AlH3].[H-].[H-].[Mg+2].[S]=[Zn]. The van der Waals surface area contributed by atoms with Gasteiger partial charge < -0.3 is 2.85 Å². The maximum atomic E-state index is 4.21. The molecule has 0 atom stereocenters. The summed E-state index contributed by atoms with van der Waals surface area (Å²) in [6, 6.07) is 0. The topological polar surface area (TPSA) is 0 Å². The van der Waals surface area contributed by atoms with Gasteiger partial charge in [-0.3, -0.25) is 0 Å². The van der Waals surface area contributed by atoms with Gasteiger partial charge in [-0.2, -0.15) is 0 Å². The fourth-order valence-electron chi connectivity index (χ4n) is 0. The van der Waals surface area contributed by atoms with Gasteiger partial charge in [0.15, 0.2) is 17.4 Å². The molecule has 0 amide bonds. The molecule has 0 N–H and O–H groups in total. The van der Waals surface area contributed by atoms with Crippen molar-refractivity contribution in [2.24, 2.45) is 0 Å². The van der Waals surface area contributed by atoms with Gasteiger partial charge in [-0.15, -0.1) is 0 Å². The molecule has 0 unspecified atom stereocenters. The molecule has 0 radical (unpaired) electrons. The van der Waals surface area contributed by atoms with E-state index in [9.17, 15) is 0 Å². The number of hydrogen-bond donors (Lipinski definition) is 0. The van der Waals surface area contributed by atoms with Crippen molar-refractivity contribution in [1.29, 1.82) is 0 Å². The predicted molar refractivity (Wildman–Crippen MR) is 25.5 cm³/mol. The van der Waals surface area contributed by atoms with Gasteiger partial charge in [0, 0.05) is 0 Å². The Morgan fingerprint density at radius 1 is 1.50 bits per heavy atom. The summed E-state index contributed by atoms with van der Waals surface area (Å²) in [5.41, 5.74) is 0. The molecule has 0 saturated carbocycles. The van der Waals surface area contributed by atoms with Crippen LogP contribution in [0.2, 0.25) is 0 Å². The molecule has 0 heterocycles. The second-order valence-corrected chi connectivity index (χ2v) is 0. The van der Waals surface area contributed by atoms with E-state index in [0.29, 0.717) is 0 Å². The van der Waals surface area contributed by atoms with Crippen molar-refractivity contribution in [3.05, 3.63) is 0 Å². The van der Waals surface area contributed by atoms with Crippen LogP contribution in [0.25, 0.3) is 0 Å². The summed E-state index contributed by atoms with van der Waals surface area (Å²) in [6.45, 7) is 0. The second-order valence-electron chi connectivity index (χ2n) is 0. The van der Waals surface area contributed by atoms with Gasteiger partial charge >= 0.3 is 49.7 Å². The quantitative estimate of drug-likeness (QED) is 0.416. The normalized spacial score (nSPS) is 1.50. The zero-order chi connectivity index (χ0) is 2.00. The summed E-state index contributed by atoms with van der Waals surface area (Å²) in [5.74, 6) is 0. The Labute approximate surface area is 69.3 Å². The van der Waals surface area contributed by atoms with E-state index >= 15 is 0 Å². The van der Waals surface area contributed by atoms with Crippen LogP contribution in [-0.4, -0.2) is 40.4 Å². The Bertz CT molecular complexity index is 13.5. The van der Waals surface area contributed by atoms with Crippen LogP contribution in [-0.2, 0) is 16.6 Å². The average Bonchev–Trinajstić information content (AvgIpc) is 1.00. The molecule has 0 aromatic carbocycles. The van der Waals surface area contributed by atoms with Crippen molar-refractivity contribution >= 4 is 50.5 Å². The Kier molecular flexibility index (Phi) is 79.1. The standard InChI is InChI=1S/Al.Mg.S.Zn.5H/q;+2;;;;;;2*-1. The maximum absolute atomic E-state index is 4.21. The third-order valence-electron chi connectivity index (χ3n) is 0. The van der Waals surface area contributed by atoms with Crippen LogP contribution in [0.3, 0.4) is 0 Å². The molecule has 0 nitrogen and oxygen atoms in total. The predicted octanol–water partition coefficient (Wildman–Crippen LogP) is -0.694. The van der Waals surface area contributed by atoms with Crippen molar-refractivity contribution < 1.29 is 19.4 Å². The van der Waals surface area contributed by atoms with E-state index in [2.05, 4.69) is 10.1 Å². The minimum atomic E-state index is 0. The Balaban J connectivity index is -0.000000000833. The molecule has 0 aromatic rings. The zero-order valence-electron chi connectivity index (χ0n) is 3.82. The molecule has 4 heavy (non-hydrogen) atoms. The number of hydrogen-bond acceptors (Lipinski definition) is 1. The van der Waals surface area contributed by atoms with Crippen LogP contribution in [0, 0.1) is 0 Å². The van der Waals surface area contributed by atoms with E-state index in [1.807, 2.05) is 0 Å². The molecule has 4 heteroatoms. The van der Waals surface area contributed by atoms with Crippen molar-refractivity contribution in [2.45, 2.75) is 0 Å². The Hall–Kier alpha value is 2.14. The molecule has 0 bridgehead atoms. The van der Waals surface area contributed by atoms with E-state index in [1.165, 1.54) is 0 Å². The van der Waals surface area contributed by atoms with Crippen molar-refractivity contribution in [1.82, 2.24) is 0 Å². The average molecular weight is 154 g/mol. The first kappa shape index (κ1) is 16.4. The fraction of sp³-hybridized carbons (Fsp3) is 0. The summed E-state index contributed by atoms with van der Waals surface area (Å²) in [5, 5.41) is 0. The Morgan fingerprint density at radius 2 is 1.50 bits per heavy atom. The molecule has 0 spiro atoms. The van der Waals surface area contributed by atoms with E-state index in [0.717, 1.165) is 16.6 Å². The van der Waals surface area contributed by atoms with Gasteiger partial charge in [0.1, 0.15) is 0 Å². The summed E-state index contributed by atoms with van der Waals surface area (Å²) in [4.78, 5) is 0. The Morgan fingerprint density at radius 3 is 1.50 bits per heavy atom. The third-order valence-corrected chi connectivity index (χ3v) is 0. The van der Waals surface area contributed by atoms with Gasteiger partial charge in [0.05, 0.1) is 0 Å². The molecule has 0 rings (SSSR count). The minimum absolute atomic E-state index is 0. The molecule has 0 saturated heterocycles. The first-order chi connectivity index (χ1) is 1.00. The van der Waals surface area contributed by atoms with Gasteiger partial charge in [-0.05, 0) is 0 Å². The molecule has 0 aromatic heterocycles. The molecule has 0 aliphatic heterocycles. The summed E-state index contributed by atoms with van der Waals surface area (Å²) >= 11 is 0.958. The van der Waals surface area contributed by atoms with Crippen molar-refractivity contribution in [3.8, 4) is 0 Å². The van der Waals surface area contributed by atoms with Gasteiger partial charge in [-0.25, -0.2) is 0 Å². The first-order valence-corrected chi connectivity index (χ1v) is 4.50. The van der Waals surface area contributed by atoms with E-state index in [-0.39, 0.29) is 43.3 Å². The molecule has 0 aliphatic rings. The van der Waals surface area contributed by atoms with Gasteiger partial charge in [-0.1, -0.05) is 0 Å². The monoisotopic (exact) mass is 152 g/mol. The third kappa shape index (κ3) is 8.91. The fourth-order valence-corrected chi connectivity index (χ4v) is 0. The van der Waals surface area contributed by atoms with Gasteiger partial charge in [0.2, 0.25) is 0 Å². The second kappa shape index (κ2) is 19.2. The van der Waals surface area contributed by atoms with Crippen molar-refractivity contribution in [3.63, 3.8) is 0 Å². The molecule has 18 valence electrons. The molecule has 0 fully saturated rings. The molecular weight excluding hydrogens is 149 g/mol. The number of rotatable bonds is 0. The summed E-state index contributed by atoms with van der Waals surface area (Å²) < 4.78 is 0. The first-order valence-electron chi connectivity index (χ1n) is 0.289.